The van der Waals surface area contributed by atoms with Crippen molar-refractivity contribution in [2.24, 2.45) is 0 Å². The summed E-state index contributed by atoms with van der Waals surface area (Å²) >= 11 is 5.18. The number of ether oxygens (including phenoxy) is 1. The molecular formula is C17H13BrO2S. The van der Waals surface area contributed by atoms with Gasteiger partial charge in [0.1, 0.15) is 11.9 Å². The van der Waals surface area contributed by atoms with Crippen LogP contribution in [0.5, 0.6) is 5.75 Å². The molecule has 0 bridgehead atoms. The molecule has 0 amide bonds. The summed E-state index contributed by atoms with van der Waals surface area (Å²) in [5.74, 6) is 0.767. The van der Waals surface area contributed by atoms with Crippen molar-refractivity contribution in [3.8, 4) is 5.75 Å². The number of hydrogen-bond donors (Lipinski definition) is 1. The second kappa shape index (κ2) is 5.13. The molecule has 4 heteroatoms. The Balaban J connectivity index is 1.78. The molecule has 2 nitrogen and oxygen atoms in total. The Bertz CT molecular complexity index is 811. The Hall–Kier alpha value is -1.36. The molecule has 0 spiro atoms. The van der Waals surface area contributed by atoms with Gasteiger partial charge in [-0.15, -0.1) is 11.3 Å². The summed E-state index contributed by atoms with van der Waals surface area (Å²) in [6, 6.07) is 14.1. The van der Waals surface area contributed by atoms with Crippen LogP contribution in [0.1, 0.15) is 29.8 Å². The zero-order chi connectivity index (χ0) is 14.4. The fourth-order valence-corrected chi connectivity index (χ4v) is 4.20. The van der Waals surface area contributed by atoms with Crippen LogP contribution in [0.2, 0.25) is 0 Å². The molecule has 2 aromatic carbocycles. The molecular weight excluding hydrogens is 348 g/mol. The Morgan fingerprint density at radius 1 is 1.14 bits per heavy atom. The van der Waals surface area contributed by atoms with E-state index in [4.69, 9.17) is 4.74 Å². The van der Waals surface area contributed by atoms with E-state index >= 15 is 0 Å². The third-order valence-corrected chi connectivity index (χ3v) is 5.37. The summed E-state index contributed by atoms with van der Waals surface area (Å²) < 4.78 is 8.37. The second-order valence-electron chi connectivity index (χ2n) is 5.23. The van der Waals surface area contributed by atoms with E-state index in [1.54, 1.807) is 11.3 Å². The SMILES string of the molecule is OC1CC(c2csc3ccccc23)Oc2cc(Br)ccc21. The molecule has 2 unspecified atom stereocenters. The predicted molar refractivity (Wildman–Crippen MR) is 88.9 cm³/mol. The zero-order valence-corrected chi connectivity index (χ0v) is 13.5. The molecule has 3 aromatic rings. The molecule has 4 rings (SSSR count). The predicted octanol–water partition coefficient (Wildman–Crippen LogP) is 5.22. The van der Waals surface area contributed by atoms with Gasteiger partial charge in [0, 0.05) is 26.7 Å². The van der Waals surface area contributed by atoms with Gasteiger partial charge in [0.25, 0.3) is 0 Å². The fraction of sp³-hybridized carbons (Fsp3) is 0.176. The first-order valence-corrected chi connectivity index (χ1v) is 8.50. The topological polar surface area (TPSA) is 29.5 Å². The minimum atomic E-state index is -0.481. The Morgan fingerprint density at radius 2 is 2.00 bits per heavy atom. The monoisotopic (exact) mass is 360 g/mol. The van der Waals surface area contributed by atoms with Gasteiger partial charge < -0.3 is 9.84 Å². The number of rotatable bonds is 1. The maximum Gasteiger partial charge on any atom is 0.128 e. The van der Waals surface area contributed by atoms with Crippen molar-refractivity contribution < 1.29 is 9.84 Å². The standard InChI is InChI=1S/C17H13BrO2S/c18-10-5-6-12-14(19)8-16(20-15(12)7-10)13-9-21-17-4-2-1-3-11(13)17/h1-7,9,14,16,19H,8H2. The van der Waals surface area contributed by atoms with Gasteiger partial charge >= 0.3 is 0 Å². The molecule has 106 valence electrons. The molecule has 1 aromatic heterocycles. The summed E-state index contributed by atoms with van der Waals surface area (Å²) in [6.45, 7) is 0. The Labute approximate surface area is 135 Å². The molecule has 21 heavy (non-hydrogen) atoms. The third-order valence-electron chi connectivity index (χ3n) is 3.90. The fourth-order valence-electron chi connectivity index (χ4n) is 2.85. The molecule has 2 heterocycles. The third kappa shape index (κ3) is 2.27. The van der Waals surface area contributed by atoms with Crippen molar-refractivity contribution in [2.45, 2.75) is 18.6 Å². The van der Waals surface area contributed by atoms with Crippen LogP contribution >= 0.6 is 27.3 Å². The van der Waals surface area contributed by atoms with Crippen LogP contribution in [0.25, 0.3) is 10.1 Å². The minimum Gasteiger partial charge on any atom is -0.485 e. The van der Waals surface area contributed by atoms with E-state index in [1.165, 1.54) is 15.6 Å². The van der Waals surface area contributed by atoms with Crippen LogP contribution in [-0.4, -0.2) is 5.11 Å². The maximum atomic E-state index is 10.4. The van der Waals surface area contributed by atoms with Crippen LogP contribution in [0.15, 0.2) is 52.3 Å². The first kappa shape index (κ1) is 13.3. The van der Waals surface area contributed by atoms with Crippen molar-refractivity contribution in [1.82, 2.24) is 0 Å². The van der Waals surface area contributed by atoms with Crippen LogP contribution in [0, 0.1) is 0 Å². The quantitative estimate of drug-likeness (QED) is 0.644. The lowest BCUT2D eigenvalue weighted by Gasteiger charge is -2.29. The van der Waals surface area contributed by atoms with Crippen LogP contribution in [0.4, 0.5) is 0 Å². The van der Waals surface area contributed by atoms with Gasteiger partial charge in [-0.25, -0.2) is 0 Å². The summed E-state index contributed by atoms with van der Waals surface area (Å²) in [7, 11) is 0. The number of halogens is 1. The van der Waals surface area contributed by atoms with E-state index in [9.17, 15) is 5.11 Å². The number of aliphatic hydroxyl groups excluding tert-OH is 1. The van der Waals surface area contributed by atoms with E-state index in [-0.39, 0.29) is 6.10 Å². The second-order valence-corrected chi connectivity index (χ2v) is 7.05. The number of hydrogen-bond acceptors (Lipinski definition) is 3. The average Bonchev–Trinajstić information content (AvgIpc) is 2.90. The number of thiophene rings is 1. The number of fused-ring (bicyclic) bond motifs is 2. The van der Waals surface area contributed by atoms with Crippen molar-refractivity contribution >= 4 is 37.4 Å². The van der Waals surface area contributed by atoms with Crippen LogP contribution < -0.4 is 4.74 Å². The maximum absolute atomic E-state index is 10.4. The molecule has 0 aliphatic carbocycles. The Kier molecular flexibility index (Phi) is 3.25. The molecule has 0 fully saturated rings. The lowest BCUT2D eigenvalue weighted by atomic mass is 9.95. The molecule has 1 aliphatic rings. The highest BCUT2D eigenvalue weighted by Crippen LogP contribution is 2.44. The van der Waals surface area contributed by atoms with E-state index < -0.39 is 6.10 Å². The highest BCUT2D eigenvalue weighted by molar-refractivity contribution is 9.10. The van der Waals surface area contributed by atoms with Crippen molar-refractivity contribution in [3.05, 3.63) is 63.4 Å². The van der Waals surface area contributed by atoms with Crippen molar-refractivity contribution in [2.75, 3.05) is 0 Å². The van der Waals surface area contributed by atoms with Gasteiger partial charge in [0.05, 0.1) is 6.10 Å². The lowest BCUT2D eigenvalue weighted by Crippen LogP contribution is -2.18. The number of benzene rings is 2. The highest BCUT2D eigenvalue weighted by atomic mass is 79.9. The summed E-state index contributed by atoms with van der Waals surface area (Å²) in [6.07, 6.45) is 0.0125. The van der Waals surface area contributed by atoms with E-state index in [2.05, 4.69) is 33.4 Å². The summed E-state index contributed by atoms with van der Waals surface area (Å²) in [4.78, 5) is 0. The van der Waals surface area contributed by atoms with Gasteiger partial charge in [0.2, 0.25) is 0 Å². The van der Waals surface area contributed by atoms with Gasteiger partial charge in [0.15, 0.2) is 0 Å². The van der Waals surface area contributed by atoms with Gasteiger partial charge in [-0.1, -0.05) is 40.2 Å². The molecule has 0 radical (unpaired) electrons. The normalized spacial score (nSPS) is 21.0. The first-order chi connectivity index (χ1) is 10.2. The van der Waals surface area contributed by atoms with Gasteiger partial charge in [-0.05, 0) is 29.0 Å². The highest BCUT2D eigenvalue weighted by Gasteiger charge is 2.29. The van der Waals surface area contributed by atoms with Crippen LogP contribution in [0.3, 0.4) is 0 Å². The average molecular weight is 361 g/mol. The van der Waals surface area contributed by atoms with E-state index in [0.29, 0.717) is 6.42 Å². The largest absolute Gasteiger partial charge is 0.485 e. The van der Waals surface area contributed by atoms with Crippen molar-refractivity contribution in [1.29, 1.82) is 0 Å². The summed E-state index contributed by atoms with van der Waals surface area (Å²) in [5.41, 5.74) is 2.04. The van der Waals surface area contributed by atoms with E-state index in [0.717, 1.165) is 15.8 Å². The lowest BCUT2D eigenvalue weighted by molar-refractivity contribution is 0.0665. The zero-order valence-electron chi connectivity index (χ0n) is 11.1. The molecule has 1 aliphatic heterocycles. The molecule has 0 saturated heterocycles. The van der Waals surface area contributed by atoms with Gasteiger partial charge in [-0.2, -0.15) is 0 Å². The first-order valence-electron chi connectivity index (χ1n) is 6.82. The van der Waals surface area contributed by atoms with Crippen molar-refractivity contribution in [3.63, 3.8) is 0 Å². The molecule has 2 atom stereocenters. The minimum absolute atomic E-state index is 0.0991. The number of aliphatic hydroxyl groups is 1. The van der Waals surface area contributed by atoms with Gasteiger partial charge in [-0.3, -0.25) is 0 Å². The Morgan fingerprint density at radius 3 is 2.90 bits per heavy atom. The molecule has 0 saturated carbocycles. The smallest absolute Gasteiger partial charge is 0.128 e. The molecule has 1 N–H and O–H groups in total. The van der Waals surface area contributed by atoms with E-state index in [1.807, 2.05) is 30.3 Å². The van der Waals surface area contributed by atoms with Crippen LogP contribution in [-0.2, 0) is 0 Å². The summed E-state index contributed by atoms with van der Waals surface area (Å²) in [5, 5.41) is 13.8.